The predicted molar refractivity (Wildman–Crippen MR) is 100 cm³/mol. The molecule has 0 aromatic heterocycles. The minimum Gasteiger partial charge on any atom is -0.383 e. The van der Waals surface area contributed by atoms with Crippen LogP contribution in [0.5, 0.6) is 0 Å². The SMILES string of the molecule is C=CC(=O)C(O)COCc1ccc(-c2ccc(CN(C)C)cc2)cc1. The lowest BCUT2D eigenvalue weighted by Gasteiger charge is -2.11. The van der Waals surface area contributed by atoms with Crippen LogP contribution in [0.4, 0.5) is 0 Å². The number of hydrogen-bond donors (Lipinski definition) is 1. The Balaban J connectivity index is 1.91. The van der Waals surface area contributed by atoms with E-state index in [1.54, 1.807) is 0 Å². The second-order valence-corrected chi connectivity index (χ2v) is 6.27. The molecular formula is C21H25NO3. The maximum Gasteiger partial charge on any atom is 0.185 e. The van der Waals surface area contributed by atoms with Gasteiger partial charge in [-0.15, -0.1) is 0 Å². The van der Waals surface area contributed by atoms with E-state index in [1.165, 1.54) is 11.1 Å². The standard InChI is InChI=1S/C21H25NO3/c1-4-20(23)21(24)15-25-14-17-7-11-19(12-8-17)18-9-5-16(6-10-18)13-22(2)3/h4-12,21,24H,1,13-15H2,2-3H3. The van der Waals surface area contributed by atoms with Gasteiger partial charge < -0.3 is 14.7 Å². The number of nitrogens with zero attached hydrogens (tertiary/aromatic N) is 1. The molecule has 2 aromatic carbocycles. The molecule has 0 saturated carbocycles. The van der Waals surface area contributed by atoms with E-state index in [0.717, 1.165) is 23.7 Å². The summed E-state index contributed by atoms with van der Waals surface area (Å²) in [7, 11) is 4.11. The van der Waals surface area contributed by atoms with Crippen LogP contribution in [0.15, 0.2) is 61.2 Å². The van der Waals surface area contributed by atoms with Gasteiger partial charge in [0.15, 0.2) is 5.78 Å². The molecule has 0 aliphatic rings. The largest absolute Gasteiger partial charge is 0.383 e. The van der Waals surface area contributed by atoms with Crippen molar-refractivity contribution in [1.82, 2.24) is 4.90 Å². The molecule has 0 aliphatic carbocycles. The highest BCUT2D eigenvalue weighted by atomic mass is 16.5. The van der Waals surface area contributed by atoms with Crippen LogP contribution in [-0.2, 0) is 22.7 Å². The zero-order chi connectivity index (χ0) is 18.2. The summed E-state index contributed by atoms with van der Waals surface area (Å²) in [6, 6.07) is 16.6. The molecule has 0 heterocycles. The first-order chi connectivity index (χ1) is 12.0. The van der Waals surface area contributed by atoms with Gasteiger partial charge in [-0.25, -0.2) is 0 Å². The number of ketones is 1. The van der Waals surface area contributed by atoms with Crippen LogP contribution in [-0.4, -0.2) is 42.6 Å². The molecule has 4 heteroatoms. The number of rotatable bonds is 9. The Hall–Kier alpha value is -2.27. The van der Waals surface area contributed by atoms with E-state index in [-0.39, 0.29) is 6.61 Å². The van der Waals surface area contributed by atoms with Gasteiger partial charge in [0.05, 0.1) is 13.2 Å². The molecule has 1 unspecified atom stereocenters. The van der Waals surface area contributed by atoms with Crippen LogP contribution in [0.25, 0.3) is 11.1 Å². The minimum absolute atomic E-state index is 0.0278. The first-order valence-corrected chi connectivity index (χ1v) is 8.24. The van der Waals surface area contributed by atoms with Gasteiger partial charge in [-0.3, -0.25) is 4.79 Å². The quantitative estimate of drug-likeness (QED) is 0.714. The second-order valence-electron chi connectivity index (χ2n) is 6.27. The van der Waals surface area contributed by atoms with Gasteiger partial charge in [0.1, 0.15) is 6.10 Å². The van der Waals surface area contributed by atoms with Gasteiger partial charge in [-0.05, 0) is 42.4 Å². The topological polar surface area (TPSA) is 49.8 Å². The number of aliphatic hydroxyl groups is 1. The fraction of sp³-hybridized carbons (Fsp3) is 0.286. The molecule has 0 fully saturated rings. The monoisotopic (exact) mass is 339 g/mol. The van der Waals surface area contributed by atoms with E-state index < -0.39 is 11.9 Å². The number of carbonyl (C=O) groups excluding carboxylic acids is 1. The average Bonchev–Trinajstić information content (AvgIpc) is 2.61. The van der Waals surface area contributed by atoms with Crippen LogP contribution >= 0.6 is 0 Å². The summed E-state index contributed by atoms with van der Waals surface area (Å²) in [6.45, 7) is 4.59. The van der Waals surface area contributed by atoms with Crippen molar-refractivity contribution >= 4 is 5.78 Å². The van der Waals surface area contributed by atoms with Gasteiger partial charge in [-0.1, -0.05) is 55.1 Å². The first-order valence-electron chi connectivity index (χ1n) is 8.24. The molecule has 2 aromatic rings. The Morgan fingerprint density at radius 2 is 1.60 bits per heavy atom. The number of aliphatic hydroxyl groups excluding tert-OH is 1. The summed E-state index contributed by atoms with van der Waals surface area (Å²) in [6.07, 6.45) is -0.0374. The molecule has 0 bridgehead atoms. The van der Waals surface area contributed by atoms with Gasteiger partial charge in [0, 0.05) is 6.54 Å². The van der Waals surface area contributed by atoms with Gasteiger partial charge >= 0.3 is 0 Å². The smallest absolute Gasteiger partial charge is 0.185 e. The molecule has 2 rings (SSSR count). The van der Waals surface area contributed by atoms with Gasteiger partial charge in [-0.2, -0.15) is 0 Å². The Kier molecular flexibility index (Phi) is 7.07. The molecule has 1 atom stereocenters. The number of benzene rings is 2. The Labute approximate surface area is 149 Å². The molecule has 0 radical (unpaired) electrons. The molecule has 0 amide bonds. The summed E-state index contributed by atoms with van der Waals surface area (Å²) in [5, 5.41) is 9.52. The van der Waals surface area contributed by atoms with Crippen molar-refractivity contribution in [2.24, 2.45) is 0 Å². The Morgan fingerprint density at radius 3 is 2.08 bits per heavy atom. The van der Waals surface area contributed by atoms with Crippen LogP contribution in [0.1, 0.15) is 11.1 Å². The lowest BCUT2D eigenvalue weighted by molar-refractivity contribution is -0.125. The third-order valence-corrected chi connectivity index (χ3v) is 3.81. The number of carbonyl (C=O) groups is 1. The van der Waals surface area contributed by atoms with Crippen molar-refractivity contribution in [2.75, 3.05) is 20.7 Å². The van der Waals surface area contributed by atoms with Gasteiger partial charge in [0.25, 0.3) is 0 Å². The summed E-state index contributed by atoms with van der Waals surface area (Å²) in [5.41, 5.74) is 4.58. The zero-order valence-corrected chi connectivity index (χ0v) is 14.8. The molecule has 0 aliphatic heterocycles. The van der Waals surface area contributed by atoms with E-state index in [9.17, 15) is 9.90 Å². The van der Waals surface area contributed by atoms with Crippen molar-refractivity contribution < 1.29 is 14.6 Å². The van der Waals surface area contributed by atoms with E-state index in [0.29, 0.717) is 6.61 Å². The van der Waals surface area contributed by atoms with Gasteiger partial charge in [0.2, 0.25) is 0 Å². The number of hydrogen-bond acceptors (Lipinski definition) is 4. The molecule has 0 spiro atoms. The Morgan fingerprint density at radius 1 is 1.08 bits per heavy atom. The summed E-state index contributed by atoms with van der Waals surface area (Å²) in [4.78, 5) is 13.3. The summed E-state index contributed by atoms with van der Waals surface area (Å²) >= 11 is 0. The molecule has 0 saturated heterocycles. The highest BCUT2D eigenvalue weighted by Gasteiger charge is 2.11. The summed E-state index contributed by atoms with van der Waals surface area (Å²) in [5.74, 6) is -0.423. The molecule has 1 N–H and O–H groups in total. The Bertz CT molecular complexity index is 690. The molecule has 25 heavy (non-hydrogen) atoms. The van der Waals surface area contributed by atoms with E-state index in [2.05, 4.69) is 49.8 Å². The van der Waals surface area contributed by atoms with Crippen LogP contribution < -0.4 is 0 Å². The van der Waals surface area contributed by atoms with Crippen LogP contribution in [0.2, 0.25) is 0 Å². The maximum atomic E-state index is 11.2. The van der Waals surface area contributed by atoms with Crippen LogP contribution in [0.3, 0.4) is 0 Å². The number of ether oxygens (including phenoxy) is 1. The van der Waals surface area contributed by atoms with Crippen molar-refractivity contribution in [3.8, 4) is 11.1 Å². The predicted octanol–water partition coefficient (Wildman–Crippen LogP) is 3.05. The lowest BCUT2D eigenvalue weighted by atomic mass is 10.0. The van der Waals surface area contributed by atoms with E-state index in [4.69, 9.17) is 4.74 Å². The lowest BCUT2D eigenvalue weighted by Crippen LogP contribution is -2.23. The maximum absolute atomic E-state index is 11.2. The summed E-state index contributed by atoms with van der Waals surface area (Å²) < 4.78 is 5.38. The highest BCUT2D eigenvalue weighted by molar-refractivity contribution is 5.92. The second kappa shape index (κ2) is 9.28. The fourth-order valence-corrected chi connectivity index (χ4v) is 2.47. The molecule has 132 valence electrons. The molecule has 4 nitrogen and oxygen atoms in total. The third-order valence-electron chi connectivity index (χ3n) is 3.81. The average molecular weight is 339 g/mol. The molecular weight excluding hydrogens is 314 g/mol. The van der Waals surface area contributed by atoms with E-state index >= 15 is 0 Å². The highest BCUT2D eigenvalue weighted by Crippen LogP contribution is 2.21. The minimum atomic E-state index is -1.14. The van der Waals surface area contributed by atoms with Crippen LogP contribution in [0, 0.1) is 0 Å². The van der Waals surface area contributed by atoms with E-state index in [1.807, 2.05) is 24.3 Å². The van der Waals surface area contributed by atoms with Crippen molar-refractivity contribution in [3.05, 3.63) is 72.3 Å². The third kappa shape index (κ3) is 5.94. The normalized spacial score (nSPS) is 12.2. The zero-order valence-electron chi connectivity index (χ0n) is 14.8. The van der Waals surface area contributed by atoms with Crippen molar-refractivity contribution in [1.29, 1.82) is 0 Å². The first kappa shape index (κ1) is 19.1. The fourth-order valence-electron chi connectivity index (χ4n) is 2.47. The van der Waals surface area contributed by atoms with Crippen molar-refractivity contribution in [2.45, 2.75) is 19.3 Å². The van der Waals surface area contributed by atoms with Crippen molar-refractivity contribution in [3.63, 3.8) is 0 Å².